The third kappa shape index (κ3) is 5.10. The Morgan fingerprint density at radius 1 is 1.45 bits per heavy atom. The first kappa shape index (κ1) is 16.9. The summed E-state index contributed by atoms with van der Waals surface area (Å²) in [7, 11) is 0. The summed E-state index contributed by atoms with van der Waals surface area (Å²) in [5, 5.41) is 3.17. The molecule has 5 heteroatoms. The summed E-state index contributed by atoms with van der Waals surface area (Å²) in [4.78, 5) is 16.4. The first-order valence-electron chi connectivity index (χ1n) is 6.82. The van der Waals surface area contributed by atoms with Crippen LogP contribution in [-0.2, 0) is 10.2 Å². The molecule has 1 rings (SSSR count). The van der Waals surface area contributed by atoms with E-state index in [0.29, 0.717) is 23.9 Å². The summed E-state index contributed by atoms with van der Waals surface area (Å²) in [5.41, 5.74) is 1.17. The fourth-order valence-electron chi connectivity index (χ4n) is 1.69. The maximum atomic E-state index is 12.1. The summed E-state index contributed by atoms with van der Waals surface area (Å²) in [6.07, 6.45) is -0.0108. The van der Waals surface area contributed by atoms with Gasteiger partial charge in [0.2, 0.25) is 0 Å². The van der Waals surface area contributed by atoms with Gasteiger partial charge in [0.05, 0.1) is 6.10 Å². The second kappa shape index (κ2) is 7.04. The van der Waals surface area contributed by atoms with E-state index < -0.39 is 0 Å². The SMILES string of the molecule is CCOC(C)CNC(=O)c1cc(Cl)nc(C(C)(C)C)c1. The minimum absolute atomic E-state index is 0.0108. The van der Waals surface area contributed by atoms with Crippen molar-refractivity contribution in [3.63, 3.8) is 0 Å². The number of nitrogens with zero attached hydrogens (tertiary/aromatic N) is 1. The van der Waals surface area contributed by atoms with Crippen molar-refractivity contribution in [2.75, 3.05) is 13.2 Å². The highest BCUT2D eigenvalue weighted by atomic mass is 35.5. The predicted molar refractivity (Wildman–Crippen MR) is 81.4 cm³/mol. The maximum absolute atomic E-state index is 12.1. The lowest BCUT2D eigenvalue weighted by molar-refractivity contribution is 0.0695. The smallest absolute Gasteiger partial charge is 0.251 e. The highest BCUT2D eigenvalue weighted by Gasteiger charge is 2.19. The predicted octanol–water partition coefficient (Wildman–Crippen LogP) is 3.19. The van der Waals surface area contributed by atoms with E-state index in [1.807, 2.05) is 34.6 Å². The van der Waals surface area contributed by atoms with Gasteiger partial charge in [0.25, 0.3) is 5.91 Å². The summed E-state index contributed by atoms with van der Waals surface area (Å²) >= 11 is 6.00. The van der Waals surface area contributed by atoms with Gasteiger partial charge in [-0.25, -0.2) is 4.98 Å². The normalized spacial score (nSPS) is 13.1. The zero-order valence-corrected chi connectivity index (χ0v) is 13.5. The molecular formula is C15H23ClN2O2. The van der Waals surface area contributed by atoms with Gasteiger partial charge in [0.15, 0.2) is 0 Å². The molecule has 4 nitrogen and oxygen atoms in total. The number of nitrogens with one attached hydrogen (secondary N) is 1. The molecular weight excluding hydrogens is 276 g/mol. The second-order valence-corrected chi connectivity index (χ2v) is 6.18. The Morgan fingerprint density at radius 3 is 2.65 bits per heavy atom. The van der Waals surface area contributed by atoms with Gasteiger partial charge in [-0.2, -0.15) is 0 Å². The Bertz CT molecular complexity index is 469. The van der Waals surface area contributed by atoms with Crippen LogP contribution in [0.2, 0.25) is 5.15 Å². The number of halogens is 1. The van der Waals surface area contributed by atoms with Gasteiger partial charge < -0.3 is 10.1 Å². The first-order chi connectivity index (χ1) is 9.24. The van der Waals surface area contributed by atoms with Crippen LogP contribution in [0.4, 0.5) is 0 Å². The zero-order valence-electron chi connectivity index (χ0n) is 12.8. The second-order valence-electron chi connectivity index (χ2n) is 5.79. The fraction of sp³-hybridized carbons (Fsp3) is 0.600. The van der Waals surface area contributed by atoms with Crippen LogP contribution in [0.3, 0.4) is 0 Å². The van der Waals surface area contributed by atoms with E-state index in [9.17, 15) is 4.79 Å². The molecule has 1 aromatic heterocycles. The molecule has 0 aliphatic heterocycles. The minimum Gasteiger partial charge on any atom is -0.377 e. The van der Waals surface area contributed by atoms with Crippen LogP contribution in [0.25, 0.3) is 0 Å². The molecule has 1 amide bonds. The van der Waals surface area contributed by atoms with Gasteiger partial charge in [0, 0.05) is 29.8 Å². The van der Waals surface area contributed by atoms with Crippen LogP contribution in [-0.4, -0.2) is 30.1 Å². The van der Waals surface area contributed by atoms with Crippen LogP contribution in [0.1, 0.15) is 50.7 Å². The van der Waals surface area contributed by atoms with Crippen molar-refractivity contribution in [2.24, 2.45) is 0 Å². The van der Waals surface area contributed by atoms with E-state index in [2.05, 4.69) is 10.3 Å². The van der Waals surface area contributed by atoms with Crippen LogP contribution < -0.4 is 5.32 Å². The Morgan fingerprint density at radius 2 is 2.10 bits per heavy atom. The molecule has 0 fully saturated rings. The van der Waals surface area contributed by atoms with Crippen molar-refractivity contribution in [1.82, 2.24) is 10.3 Å². The topological polar surface area (TPSA) is 51.2 Å². The third-order valence-corrected chi connectivity index (χ3v) is 3.02. The van der Waals surface area contributed by atoms with Crippen LogP contribution in [0.15, 0.2) is 12.1 Å². The molecule has 0 saturated carbocycles. The van der Waals surface area contributed by atoms with E-state index in [1.165, 1.54) is 0 Å². The summed E-state index contributed by atoms with van der Waals surface area (Å²) in [6.45, 7) is 11.0. The number of pyridine rings is 1. The largest absolute Gasteiger partial charge is 0.377 e. The molecule has 0 aliphatic carbocycles. The molecule has 0 bridgehead atoms. The van der Waals surface area contributed by atoms with E-state index in [4.69, 9.17) is 16.3 Å². The molecule has 0 saturated heterocycles. The number of carbonyl (C=O) groups is 1. The lowest BCUT2D eigenvalue weighted by atomic mass is 9.91. The number of aromatic nitrogens is 1. The Kier molecular flexibility index (Phi) is 5.96. The Hall–Kier alpha value is -1.13. The third-order valence-electron chi connectivity index (χ3n) is 2.83. The van der Waals surface area contributed by atoms with E-state index in [0.717, 1.165) is 5.69 Å². The molecule has 20 heavy (non-hydrogen) atoms. The van der Waals surface area contributed by atoms with Crippen LogP contribution in [0, 0.1) is 0 Å². The lowest BCUT2D eigenvalue weighted by Crippen LogP contribution is -2.32. The number of ether oxygens (including phenoxy) is 1. The molecule has 0 spiro atoms. The van der Waals surface area contributed by atoms with E-state index >= 15 is 0 Å². The molecule has 0 aromatic carbocycles. The van der Waals surface area contributed by atoms with Gasteiger partial charge in [-0.1, -0.05) is 32.4 Å². The van der Waals surface area contributed by atoms with Gasteiger partial charge >= 0.3 is 0 Å². The quantitative estimate of drug-likeness (QED) is 0.849. The minimum atomic E-state index is -0.161. The highest BCUT2D eigenvalue weighted by Crippen LogP contribution is 2.23. The molecule has 1 unspecified atom stereocenters. The molecule has 1 heterocycles. The van der Waals surface area contributed by atoms with E-state index in [-0.39, 0.29) is 17.4 Å². The summed E-state index contributed by atoms with van der Waals surface area (Å²) in [5.74, 6) is -0.161. The zero-order chi connectivity index (χ0) is 15.3. The number of carbonyl (C=O) groups excluding carboxylic acids is 1. The lowest BCUT2D eigenvalue weighted by Gasteiger charge is -2.19. The molecule has 0 aliphatic rings. The van der Waals surface area contributed by atoms with Gasteiger partial charge in [0.1, 0.15) is 5.15 Å². The van der Waals surface area contributed by atoms with Crippen molar-refractivity contribution >= 4 is 17.5 Å². The molecule has 1 atom stereocenters. The summed E-state index contributed by atoms with van der Waals surface area (Å²) < 4.78 is 5.38. The van der Waals surface area contributed by atoms with Gasteiger partial charge in [-0.3, -0.25) is 4.79 Å². The van der Waals surface area contributed by atoms with E-state index in [1.54, 1.807) is 12.1 Å². The van der Waals surface area contributed by atoms with Crippen LogP contribution in [0.5, 0.6) is 0 Å². The van der Waals surface area contributed by atoms with Crippen LogP contribution >= 0.6 is 11.6 Å². The van der Waals surface area contributed by atoms with Crippen molar-refractivity contribution in [1.29, 1.82) is 0 Å². The maximum Gasteiger partial charge on any atom is 0.251 e. The molecule has 1 N–H and O–H groups in total. The van der Waals surface area contributed by atoms with Crippen molar-refractivity contribution < 1.29 is 9.53 Å². The number of hydrogen-bond acceptors (Lipinski definition) is 3. The van der Waals surface area contributed by atoms with Gasteiger partial charge in [-0.15, -0.1) is 0 Å². The Labute approximate surface area is 125 Å². The molecule has 0 radical (unpaired) electrons. The first-order valence-corrected chi connectivity index (χ1v) is 7.19. The number of amides is 1. The molecule has 112 valence electrons. The standard InChI is InChI=1S/C15H23ClN2O2/c1-6-20-10(2)9-17-14(19)11-7-12(15(3,4)5)18-13(16)8-11/h7-8,10H,6,9H2,1-5H3,(H,17,19). The fourth-order valence-corrected chi connectivity index (χ4v) is 1.90. The average molecular weight is 299 g/mol. The number of rotatable bonds is 5. The molecule has 1 aromatic rings. The van der Waals surface area contributed by atoms with Crippen molar-refractivity contribution in [3.8, 4) is 0 Å². The van der Waals surface area contributed by atoms with Crippen molar-refractivity contribution in [3.05, 3.63) is 28.5 Å². The van der Waals surface area contributed by atoms with Gasteiger partial charge in [-0.05, 0) is 26.0 Å². The average Bonchev–Trinajstić information content (AvgIpc) is 2.34. The Balaban J connectivity index is 2.81. The van der Waals surface area contributed by atoms with Crippen molar-refractivity contribution in [2.45, 2.75) is 46.1 Å². The monoisotopic (exact) mass is 298 g/mol. The summed E-state index contributed by atoms with van der Waals surface area (Å²) in [6, 6.07) is 3.37. The number of hydrogen-bond donors (Lipinski definition) is 1. The highest BCUT2D eigenvalue weighted by molar-refractivity contribution is 6.29.